The number of Topliss-reactive ketones (excluding diaryl/α,β-unsaturated/α-hetero) is 1. The molecule has 0 unspecified atom stereocenters. The van der Waals surface area contributed by atoms with E-state index in [2.05, 4.69) is 15.3 Å². The van der Waals surface area contributed by atoms with Crippen molar-refractivity contribution in [2.24, 2.45) is 0 Å². The second kappa shape index (κ2) is 11.9. The normalized spacial score (nSPS) is 10.9. The molecule has 4 rings (SSSR count). The number of halogens is 2. The highest BCUT2D eigenvalue weighted by Crippen LogP contribution is 2.24. The van der Waals surface area contributed by atoms with Crippen LogP contribution in [0, 0.1) is 5.82 Å². The maximum atomic E-state index is 14.6. The Morgan fingerprint density at radius 3 is 2.47 bits per heavy atom. The van der Waals surface area contributed by atoms with Crippen molar-refractivity contribution in [3.8, 4) is 11.6 Å². The summed E-state index contributed by atoms with van der Waals surface area (Å²) in [5.41, 5.74) is 1.31. The Hall–Kier alpha value is -4.24. The molecule has 0 bridgehead atoms. The van der Waals surface area contributed by atoms with Gasteiger partial charge in [-0.2, -0.15) is 0 Å². The first-order valence-electron chi connectivity index (χ1n) is 11.8. The third kappa shape index (κ3) is 6.54. The lowest BCUT2D eigenvalue weighted by molar-refractivity contribution is 0.0992. The zero-order chi connectivity index (χ0) is 27.2. The molecular formula is C28H26ClFN4O4. The average Bonchev–Trinajstić information content (AvgIpc) is 2.90. The maximum Gasteiger partial charge on any atom is 0.258 e. The fraction of sp³-hybridized carbons (Fsp3) is 0.214. The predicted molar refractivity (Wildman–Crippen MR) is 143 cm³/mol. The molecule has 0 aliphatic carbocycles. The van der Waals surface area contributed by atoms with Crippen LogP contribution in [0.25, 0.3) is 0 Å². The number of aromatic nitrogens is 3. The van der Waals surface area contributed by atoms with Crippen LogP contribution in [0.2, 0.25) is 5.02 Å². The van der Waals surface area contributed by atoms with Crippen molar-refractivity contribution >= 4 is 29.0 Å². The number of carbonyl (C=O) groups is 1. The number of ketones is 1. The van der Waals surface area contributed by atoms with Crippen molar-refractivity contribution in [2.45, 2.75) is 32.9 Å². The van der Waals surface area contributed by atoms with Gasteiger partial charge in [-0.15, -0.1) is 0 Å². The van der Waals surface area contributed by atoms with Gasteiger partial charge < -0.3 is 14.8 Å². The van der Waals surface area contributed by atoms with Crippen LogP contribution < -0.4 is 20.3 Å². The number of hydrogen-bond donors (Lipinski definition) is 1. The minimum atomic E-state index is -0.550. The van der Waals surface area contributed by atoms with Crippen LogP contribution in [0.5, 0.6) is 11.6 Å². The molecule has 0 aliphatic heterocycles. The van der Waals surface area contributed by atoms with Crippen molar-refractivity contribution in [1.29, 1.82) is 0 Å². The van der Waals surface area contributed by atoms with Crippen LogP contribution in [0.15, 0.2) is 71.8 Å². The van der Waals surface area contributed by atoms with Gasteiger partial charge in [-0.1, -0.05) is 23.7 Å². The number of rotatable bonds is 10. The lowest BCUT2D eigenvalue weighted by Gasteiger charge is -2.16. The number of pyridine rings is 1. The Morgan fingerprint density at radius 2 is 1.84 bits per heavy atom. The fourth-order valence-corrected chi connectivity index (χ4v) is 3.80. The summed E-state index contributed by atoms with van der Waals surface area (Å²) in [7, 11) is 1.48. The Bertz CT molecular complexity index is 1490. The number of anilines is 2. The molecule has 38 heavy (non-hydrogen) atoms. The SMILES string of the molecule is COc1ccc(C(=O)Cc2cnc(Nc3ccc(OC(C)C)c(F)c3)n(Cc3ccc(Cl)cc3)c2=O)cn1. The molecule has 10 heteroatoms. The van der Waals surface area contributed by atoms with E-state index >= 15 is 0 Å². The van der Waals surface area contributed by atoms with Crippen LogP contribution in [0.3, 0.4) is 0 Å². The van der Waals surface area contributed by atoms with E-state index in [1.807, 2.05) is 13.8 Å². The highest BCUT2D eigenvalue weighted by molar-refractivity contribution is 6.30. The quantitative estimate of drug-likeness (QED) is 0.269. The number of benzene rings is 2. The average molecular weight is 537 g/mol. The Kier molecular flexibility index (Phi) is 8.38. The smallest absolute Gasteiger partial charge is 0.258 e. The summed E-state index contributed by atoms with van der Waals surface area (Å²) in [4.78, 5) is 34.8. The molecule has 0 amide bonds. The molecule has 0 spiro atoms. The van der Waals surface area contributed by atoms with Crippen molar-refractivity contribution in [2.75, 3.05) is 12.4 Å². The molecule has 0 saturated heterocycles. The molecule has 2 aromatic heterocycles. The molecule has 4 aromatic rings. The zero-order valence-electron chi connectivity index (χ0n) is 21.1. The predicted octanol–water partition coefficient (Wildman–Crippen LogP) is 5.44. The molecule has 196 valence electrons. The van der Waals surface area contributed by atoms with Crippen molar-refractivity contribution in [3.63, 3.8) is 0 Å². The largest absolute Gasteiger partial charge is 0.488 e. The fourth-order valence-electron chi connectivity index (χ4n) is 3.67. The summed E-state index contributed by atoms with van der Waals surface area (Å²) in [6.45, 7) is 3.76. The van der Waals surface area contributed by atoms with Gasteiger partial charge in [-0.3, -0.25) is 14.2 Å². The molecular weight excluding hydrogens is 511 g/mol. The van der Waals surface area contributed by atoms with Gasteiger partial charge in [0.1, 0.15) is 0 Å². The van der Waals surface area contributed by atoms with Crippen LogP contribution in [-0.2, 0) is 13.0 Å². The zero-order valence-corrected chi connectivity index (χ0v) is 21.8. The second-order valence-corrected chi connectivity index (χ2v) is 9.19. The van der Waals surface area contributed by atoms with Gasteiger partial charge in [0.15, 0.2) is 17.3 Å². The number of nitrogens with zero attached hydrogens (tertiary/aromatic N) is 3. The lowest BCUT2D eigenvalue weighted by atomic mass is 10.1. The summed E-state index contributed by atoms with van der Waals surface area (Å²) in [6.07, 6.45) is 2.40. The Labute approximate surface area is 224 Å². The van der Waals surface area contributed by atoms with Crippen molar-refractivity contribution in [3.05, 3.63) is 105 Å². The number of carbonyl (C=O) groups excluding carboxylic acids is 1. The molecule has 0 aliphatic rings. The highest BCUT2D eigenvalue weighted by Gasteiger charge is 2.17. The summed E-state index contributed by atoms with van der Waals surface area (Å²) in [6, 6.07) is 14.6. The number of nitrogens with one attached hydrogen (secondary N) is 1. The molecule has 0 saturated carbocycles. The van der Waals surface area contributed by atoms with Gasteiger partial charge in [-0.25, -0.2) is 14.4 Å². The molecule has 0 radical (unpaired) electrons. The summed E-state index contributed by atoms with van der Waals surface area (Å²) >= 11 is 6.01. The van der Waals surface area contributed by atoms with E-state index in [0.717, 1.165) is 5.56 Å². The first-order valence-corrected chi connectivity index (χ1v) is 12.2. The second-order valence-electron chi connectivity index (χ2n) is 8.75. The van der Waals surface area contributed by atoms with Gasteiger partial charge in [0.2, 0.25) is 11.8 Å². The minimum absolute atomic E-state index is 0.124. The van der Waals surface area contributed by atoms with Crippen LogP contribution in [-0.4, -0.2) is 33.5 Å². The van der Waals surface area contributed by atoms with Crippen LogP contribution in [0.1, 0.15) is 35.3 Å². The molecule has 0 atom stereocenters. The lowest BCUT2D eigenvalue weighted by Crippen LogP contribution is -2.28. The molecule has 0 fully saturated rings. The first-order chi connectivity index (χ1) is 18.2. The molecule has 1 N–H and O–H groups in total. The standard InChI is InChI=1S/C28H26ClFN4O4/c1-17(2)38-25-10-9-22(13-23(25)30)33-28-32-15-20(12-24(35)19-6-11-26(37-3)31-14-19)27(36)34(28)16-18-4-7-21(29)8-5-18/h4-11,13-15,17H,12,16H2,1-3H3,(H,32,33). The Balaban J connectivity index is 1.66. The molecule has 8 nitrogen and oxygen atoms in total. The van der Waals surface area contributed by atoms with E-state index in [1.54, 1.807) is 42.5 Å². The summed E-state index contributed by atoms with van der Waals surface area (Å²) < 4.78 is 26.5. The summed E-state index contributed by atoms with van der Waals surface area (Å²) in [5, 5.41) is 3.57. The van der Waals surface area contributed by atoms with Gasteiger partial charge in [0, 0.05) is 52.8 Å². The molecule has 2 heterocycles. The molecule has 2 aromatic carbocycles. The van der Waals surface area contributed by atoms with E-state index in [1.165, 1.54) is 36.2 Å². The highest BCUT2D eigenvalue weighted by atomic mass is 35.5. The number of hydrogen-bond acceptors (Lipinski definition) is 7. The van der Waals surface area contributed by atoms with E-state index in [9.17, 15) is 14.0 Å². The third-order valence-corrected chi connectivity index (χ3v) is 5.79. The topological polar surface area (TPSA) is 95.3 Å². The van der Waals surface area contributed by atoms with E-state index in [0.29, 0.717) is 22.2 Å². The maximum absolute atomic E-state index is 14.6. The van der Waals surface area contributed by atoms with Gasteiger partial charge >= 0.3 is 0 Å². The van der Waals surface area contributed by atoms with Gasteiger partial charge in [-0.05, 0) is 49.7 Å². The van der Waals surface area contributed by atoms with Crippen molar-refractivity contribution in [1.82, 2.24) is 14.5 Å². The van der Waals surface area contributed by atoms with Crippen LogP contribution >= 0.6 is 11.6 Å². The number of methoxy groups -OCH3 is 1. The Morgan fingerprint density at radius 1 is 1.08 bits per heavy atom. The monoisotopic (exact) mass is 536 g/mol. The van der Waals surface area contributed by atoms with E-state index < -0.39 is 11.4 Å². The van der Waals surface area contributed by atoms with Crippen LogP contribution in [0.4, 0.5) is 16.0 Å². The number of ether oxygens (including phenoxy) is 2. The minimum Gasteiger partial charge on any atom is -0.488 e. The van der Waals surface area contributed by atoms with Crippen molar-refractivity contribution < 1.29 is 18.7 Å². The summed E-state index contributed by atoms with van der Waals surface area (Å²) in [5.74, 6) is -0.154. The van der Waals surface area contributed by atoms with E-state index in [-0.39, 0.29) is 42.1 Å². The van der Waals surface area contributed by atoms with Gasteiger partial charge in [0.05, 0.1) is 19.8 Å². The van der Waals surface area contributed by atoms with E-state index in [4.69, 9.17) is 21.1 Å². The third-order valence-electron chi connectivity index (χ3n) is 5.54. The first kappa shape index (κ1) is 26.8. The van der Waals surface area contributed by atoms with Gasteiger partial charge in [0.25, 0.3) is 5.56 Å².